The maximum Gasteiger partial charge on any atom is 0.274 e. The van der Waals surface area contributed by atoms with Crippen LogP contribution in [0.3, 0.4) is 0 Å². The third kappa shape index (κ3) is 3.73. The summed E-state index contributed by atoms with van der Waals surface area (Å²) in [5, 5.41) is 0. The Morgan fingerprint density at radius 3 is 2.83 bits per heavy atom. The molecule has 0 bridgehead atoms. The molecule has 1 aliphatic heterocycles. The number of benzene rings is 1. The van der Waals surface area contributed by atoms with E-state index in [4.69, 9.17) is 0 Å². The van der Waals surface area contributed by atoms with Gasteiger partial charge in [0.2, 0.25) is 5.91 Å². The minimum absolute atomic E-state index is 0.0475. The Kier molecular flexibility index (Phi) is 4.79. The van der Waals surface area contributed by atoms with E-state index in [1.54, 1.807) is 21.9 Å². The Labute approximate surface area is 138 Å². The zero-order chi connectivity index (χ0) is 16.9. The fraction of sp³-hybridized carbons (Fsp3) is 0.294. The van der Waals surface area contributed by atoms with Gasteiger partial charge in [0.25, 0.3) is 5.91 Å². The molecule has 24 heavy (non-hydrogen) atoms. The summed E-state index contributed by atoms with van der Waals surface area (Å²) in [5.41, 5.74) is 1.00. The van der Waals surface area contributed by atoms with Gasteiger partial charge in [0.05, 0.1) is 6.20 Å². The fourth-order valence-electron chi connectivity index (χ4n) is 2.66. The Bertz CT molecular complexity index is 738. The number of amides is 2. The lowest BCUT2D eigenvalue weighted by Crippen LogP contribution is -2.36. The SMILES string of the molecule is O=C1CCN(C(=O)c2cnccn2)CCN1Cc1cccc(F)c1. The molecule has 124 valence electrons. The zero-order valence-electron chi connectivity index (χ0n) is 13.1. The van der Waals surface area contributed by atoms with Gasteiger partial charge in [-0.2, -0.15) is 0 Å². The van der Waals surface area contributed by atoms with Crippen LogP contribution in [0.4, 0.5) is 4.39 Å². The van der Waals surface area contributed by atoms with Crippen LogP contribution >= 0.6 is 0 Å². The summed E-state index contributed by atoms with van der Waals surface area (Å²) in [6.07, 6.45) is 4.62. The van der Waals surface area contributed by atoms with Crippen molar-refractivity contribution in [3.63, 3.8) is 0 Å². The van der Waals surface area contributed by atoms with Gasteiger partial charge in [-0.15, -0.1) is 0 Å². The summed E-state index contributed by atoms with van der Waals surface area (Å²) >= 11 is 0. The molecule has 7 heteroatoms. The van der Waals surface area contributed by atoms with Crippen LogP contribution in [0.15, 0.2) is 42.9 Å². The van der Waals surface area contributed by atoms with Crippen molar-refractivity contribution < 1.29 is 14.0 Å². The van der Waals surface area contributed by atoms with Crippen LogP contribution in [0, 0.1) is 5.82 Å². The monoisotopic (exact) mass is 328 g/mol. The summed E-state index contributed by atoms with van der Waals surface area (Å²) in [5.74, 6) is -0.605. The van der Waals surface area contributed by atoms with E-state index in [1.165, 1.54) is 30.7 Å². The third-order valence-corrected chi connectivity index (χ3v) is 3.92. The molecule has 0 atom stereocenters. The summed E-state index contributed by atoms with van der Waals surface area (Å²) in [4.78, 5) is 35.8. The summed E-state index contributed by atoms with van der Waals surface area (Å²) in [6.45, 7) is 1.50. The Hall–Kier alpha value is -2.83. The van der Waals surface area contributed by atoms with Crippen molar-refractivity contribution in [3.8, 4) is 0 Å². The van der Waals surface area contributed by atoms with Crippen molar-refractivity contribution in [2.24, 2.45) is 0 Å². The molecule has 1 aromatic carbocycles. The first-order valence-electron chi connectivity index (χ1n) is 7.71. The average Bonchev–Trinajstić information content (AvgIpc) is 2.78. The van der Waals surface area contributed by atoms with E-state index >= 15 is 0 Å². The molecule has 1 aliphatic rings. The Balaban J connectivity index is 1.67. The van der Waals surface area contributed by atoms with E-state index in [0.29, 0.717) is 26.2 Å². The maximum atomic E-state index is 13.3. The molecule has 0 spiro atoms. The first kappa shape index (κ1) is 16.0. The lowest BCUT2D eigenvalue weighted by atomic mass is 10.2. The van der Waals surface area contributed by atoms with Gasteiger partial charge in [-0.05, 0) is 17.7 Å². The van der Waals surface area contributed by atoms with Gasteiger partial charge in [-0.25, -0.2) is 9.37 Å². The Morgan fingerprint density at radius 2 is 2.08 bits per heavy atom. The molecule has 0 unspecified atom stereocenters. The molecular formula is C17H17FN4O2. The first-order chi connectivity index (χ1) is 11.6. The van der Waals surface area contributed by atoms with Crippen molar-refractivity contribution in [2.45, 2.75) is 13.0 Å². The number of rotatable bonds is 3. The lowest BCUT2D eigenvalue weighted by Gasteiger charge is -2.22. The largest absolute Gasteiger partial charge is 0.337 e. The van der Waals surface area contributed by atoms with Gasteiger partial charge in [-0.1, -0.05) is 12.1 Å². The van der Waals surface area contributed by atoms with Crippen molar-refractivity contribution in [1.82, 2.24) is 19.8 Å². The van der Waals surface area contributed by atoms with E-state index in [0.717, 1.165) is 5.56 Å². The van der Waals surface area contributed by atoms with Crippen molar-refractivity contribution >= 4 is 11.8 Å². The number of hydrogen-bond acceptors (Lipinski definition) is 4. The van der Waals surface area contributed by atoms with Gasteiger partial charge in [0, 0.05) is 45.0 Å². The topological polar surface area (TPSA) is 66.4 Å². The second-order valence-corrected chi connectivity index (χ2v) is 5.58. The number of aromatic nitrogens is 2. The molecule has 6 nitrogen and oxygen atoms in total. The summed E-state index contributed by atoms with van der Waals surface area (Å²) in [7, 11) is 0. The minimum atomic E-state index is -0.325. The van der Waals surface area contributed by atoms with E-state index in [-0.39, 0.29) is 29.7 Å². The average molecular weight is 328 g/mol. The minimum Gasteiger partial charge on any atom is -0.337 e. The summed E-state index contributed by atoms with van der Waals surface area (Å²) < 4.78 is 13.3. The molecule has 2 amide bonds. The molecule has 0 radical (unpaired) electrons. The number of hydrogen-bond donors (Lipinski definition) is 0. The number of carbonyl (C=O) groups is 2. The molecule has 0 N–H and O–H groups in total. The van der Waals surface area contributed by atoms with E-state index in [1.807, 2.05) is 0 Å². The molecule has 1 saturated heterocycles. The third-order valence-electron chi connectivity index (χ3n) is 3.92. The smallest absolute Gasteiger partial charge is 0.274 e. The van der Waals surface area contributed by atoms with Gasteiger partial charge in [0.15, 0.2) is 0 Å². The molecule has 3 rings (SSSR count). The second-order valence-electron chi connectivity index (χ2n) is 5.58. The van der Waals surface area contributed by atoms with Crippen LogP contribution in [0.5, 0.6) is 0 Å². The van der Waals surface area contributed by atoms with E-state index < -0.39 is 0 Å². The van der Waals surface area contributed by atoms with Crippen LogP contribution in [-0.2, 0) is 11.3 Å². The normalized spacial score (nSPS) is 15.3. The second kappa shape index (κ2) is 7.16. The van der Waals surface area contributed by atoms with Crippen LogP contribution in [0.2, 0.25) is 0 Å². The zero-order valence-corrected chi connectivity index (χ0v) is 13.1. The molecule has 0 aliphatic carbocycles. The number of carbonyl (C=O) groups excluding carboxylic acids is 2. The van der Waals surface area contributed by atoms with Crippen molar-refractivity contribution in [3.05, 3.63) is 59.9 Å². The van der Waals surface area contributed by atoms with Gasteiger partial charge in [-0.3, -0.25) is 14.6 Å². The highest BCUT2D eigenvalue weighted by Gasteiger charge is 2.25. The molecule has 2 heterocycles. The summed E-state index contributed by atoms with van der Waals surface area (Å²) in [6, 6.07) is 6.19. The van der Waals surface area contributed by atoms with Gasteiger partial charge >= 0.3 is 0 Å². The van der Waals surface area contributed by atoms with Gasteiger partial charge < -0.3 is 9.80 Å². The predicted octanol–water partition coefficient (Wildman–Crippen LogP) is 1.49. The van der Waals surface area contributed by atoms with Crippen LogP contribution < -0.4 is 0 Å². The van der Waals surface area contributed by atoms with Crippen LogP contribution in [-0.4, -0.2) is 51.2 Å². The maximum absolute atomic E-state index is 13.3. The number of halogens is 1. The molecule has 1 aromatic heterocycles. The number of nitrogens with zero attached hydrogens (tertiary/aromatic N) is 4. The van der Waals surface area contributed by atoms with Crippen LogP contribution in [0.25, 0.3) is 0 Å². The highest BCUT2D eigenvalue weighted by molar-refractivity contribution is 5.92. The van der Waals surface area contributed by atoms with E-state index in [9.17, 15) is 14.0 Å². The van der Waals surface area contributed by atoms with Crippen LogP contribution in [0.1, 0.15) is 22.5 Å². The molecule has 1 fully saturated rings. The molecular weight excluding hydrogens is 311 g/mol. The molecule has 0 saturated carbocycles. The van der Waals surface area contributed by atoms with Crippen molar-refractivity contribution in [1.29, 1.82) is 0 Å². The predicted molar refractivity (Wildman–Crippen MR) is 84.4 cm³/mol. The highest BCUT2D eigenvalue weighted by atomic mass is 19.1. The standard InChI is InChI=1S/C17H17FN4O2/c18-14-3-1-2-13(10-14)12-22-9-8-21(7-4-16(22)23)17(24)15-11-19-5-6-20-15/h1-3,5-6,10-11H,4,7-9,12H2. The first-order valence-corrected chi connectivity index (χ1v) is 7.71. The van der Waals surface area contributed by atoms with E-state index in [2.05, 4.69) is 9.97 Å². The fourth-order valence-corrected chi connectivity index (χ4v) is 2.66. The van der Waals surface area contributed by atoms with Crippen molar-refractivity contribution in [2.75, 3.05) is 19.6 Å². The highest BCUT2D eigenvalue weighted by Crippen LogP contribution is 2.13. The van der Waals surface area contributed by atoms with Gasteiger partial charge in [0.1, 0.15) is 11.5 Å². The molecule has 2 aromatic rings. The lowest BCUT2D eigenvalue weighted by molar-refractivity contribution is -0.130. The Morgan fingerprint density at radius 1 is 1.21 bits per heavy atom. The quantitative estimate of drug-likeness (QED) is 0.856.